The van der Waals surface area contributed by atoms with E-state index in [2.05, 4.69) is 63.2 Å². The molecule has 132 valence electrons. The molecule has 25 heavy (non-hydrogen) atoms. The van der Waals surface area contributed by atoms with Gasteiger partial charge in [0.15, 0.2) is 0 Å². The van der Waals surface area contributed by atoms with Crippen LogP contribution in [0.1, 0.15) is 69.9 Å². The Labute approximate surface area is 152 Å². The van der Waals surface area contributed by atoms with E-state index in [4.69, 9.17) is 4.74 Å². The molecule has 0 N–H and O–H groups in total. The Hall–Kier alpha value is -1.76. The second-order valence-electron chi connectivity index (χ2n) is 8.55. The molecule has 1 nitrogen and oxygen atoms in total. The van der Waals surface area contributed by atoms with Gasteiger partial charge in [-0.05, 0) is 77.8 Å². The fraction of sp³-hybridized carbons (Fsp3) is 0.500. The second-order valence-corrected chi connectivity index (χ2v) is 8.55. The van der Waals surface area contributed by atoms with Crippen LogP contribution in [0.25, 0.3) is 11.1 Å². The predicted octanol–water partition coefficient (Wildman–Crippen LogP) is 6.75. The van der Waals surface area contributed by atoms with Crippen molar-refractivity contribution >= 4 is 0 Å². The van der Waals surface area contributed by atoms with Crippen LogP contribution < -0.4 is 4.74 Å². The summed E-state index contributed by atoms with van der Waals surface area (Å²) in [5.74, 6) is 1.68. The number of hydrogen-bond acceptors (Lipinski definition) is 1. The smallest absolute Gasteiger partial charge is 0.120 e. The van der Waals surface area contributed by atoms with Gasteiger partial charge < -0.3 is 4.74 Å². The van der Waals surface area contributed by atoms with Gasteiger partial charge in [0.1, 0.15) is 5.75 Å². The number of aryl methyl sites for hydroxylation is 1. The lowest BCUT2D eigenvalue weighted by atomic mass is 9.75. The van der Waals surface area contributed by atoms with E-state index in [0.29, 0.717) is 17.4 Å². The van der Waals surface area contributed by atoms with Gasteiger partial charge in [0.25, 0.3) is 0 Å². The molecule has 0 unspecified atom stereocenters. The van der Waals surface area contributed by atoms with Crippen LogP contribution in [-0.4, -0.2) is 6.10 Å². The van der Waals surface area contributed by atoms with Gasteiger partial charge in [0.2, 0.25) is 0 Å². The molecule has 2 aliphatic carbocycles. The normalized spacial score (nSPS) is 22.1. The van der Waals surface area contributed by atoms with Crippen molar-refractivity contribution in [3.63, 3.8) is 0 Å². The van der Waals surface area contributed by atoms with Gasteiger partial charge in [-0.25, -0.2) is 0 Å². The van der Waals surface area contributed by atoms with Crippen LogP contribution in [0.15, 0.2) is 42.5 Å². The van der Waals surface area contributed by atoms with E-state index < -0.39 is 0 Å². The lowest BCUT2D eigenvalue weighted by molar-refractivity contribution is 0.303. The van der Waals surface area contributed by atoms with Crippen LogP contribution in [-0.2, 0) is 6.42 Å². The molecule has 2 aromatic carbocycles. The highest BCUT2D eigenvalue weighted by molar-refractivity contribution is 5.70. The molecule has 0 saturated heterocycles. The Kier molecular flexibility index (Phi) is 4.35. The standard InChI is InChI=1S/C24H30O/c1-4-17-10-13-21(22(15-17)23-9-6-14-24(23,2)3)18-7-5-8-20(16-18)25-19-11-12-19/h5,7-8,10,13,15-16,19,23H,4,6,9,11-12,14H2,1-3H3/t23-/m1/s1. The topological polar surface area (TPSA) is 9.23 Å². The third-order valence-corrected chi connectivity index (χ3v) is 6.13. The fourth-order valence-corrected chi connectivity index (χ4v) is 4.40. The molecule has 0 radical (unpaired) electrons. The Morgan fingerprint density at radius 1 is 1.04 bits per heavy atom. The zero-order chi connectivity index (χ0) is 17.4. The predicted molar refractivity (Wildman–Crippen MR) is 105 cm³/mol. The molecule has 1 heteroatoms. The number of rotatable bonds is 5. The summed E-state index contributed by atoms with van der Waals surface area (Å²) in [6.45, 7) is 7.14. The molecule has 2 saturated carbocycles. The van der Waals surface area contributed by atoms with Gasteiger partial charge in [0.05, 0.1) is 6.10 Å². The first-order valence-corrected chi connectivity index (χ1v) is 9.97. The van der Waals surface area contributed by atoms with Crippen molar-refractivity contribution in [3.05, 3.63) is 53.6 Å². The number of ether oxygens (including phenoxy) is 1. The maximum absolute atomic E-state index is 6.04. The Morgan fingerprint density at radius 2 is 1.88 bits per heavy atom. The lowest BCUT2D eigenvalue weighted by Gasteiger charge is -2.30. The Balaban J connectivity index is 1.76. The molecule has 0 spiro atoms. The largest absolute Gasteiger partial charge is 0.490 e. The highest BCUT2D eigenvalue weighted by atomic mass is 16.5. The molecule has 0 aliphatic heterocycles. The molecule has 2 aliphatic rings. The van der Waals surface area contributed by atoms with Gasteiger partial charge in [-0.1, -0.05) is 57.5 Å². The van der Waals surface area contributed by atoms with Crippen molar-refractivity contribution in [1.82, 2.24) is 0 Å². The monoisotopic (exact) mass is 334 g/mol. The van der Waals surface area contributed by atoms with E-state index in [1.54, 1.807) is 5.56 Å². The Morgan fingerprint density at radius 3 is 2.56 bits per heavy atom. The van der Waals surface area contributed by atoms with E-state index in [9.17, 15) is 0 Å². The summed E-state index contributed by atoms with van der Waals surface area (Å²) in [6.07, 6.45) is 7.95. The third-order valence-electron chi connectivity index (χ3n) is 6.13. The quantitative estimate of drug-likeness (QED) is 0.587. The van der Waals surface area contributed by atoms with Crippen LogP contribution in [0.5, 0.6) is 5.75 Å². The van der Waals surface area contributed by atoms with Gasteiger partial charge in [0, 0.05) is 0 Å². The summed E-state index contributed by atoms with van der Waals surface area (Å²) in [6, 6.07) is 15.8. The minimum Gasteiger partial charge on any atom is -0.490 e. The fourth-order valence-electron chi connectivity index (χ4n) is 4.40. The highest BCUT2D eigenvalue weighted by Gasteiger charge is 2.36. The molecule has 0 heterocycles. The third kappa shape index (κ3) is 3.47. The molecule has 0 bridgehead atoms. The van der Waals surface area contributed by atoms with Crippen molar-refractivity contribution in [3.8, 4) is 16.9 Å². The first-order valence-electron chi connectivity index (χ1n) is 9.97. The van der Waals surface area contributed by atoms with Crippen LogP contribution in [0.3, 0.4) is 0 Å². The van der Waals surface area contributed by atoms with Crippen molar-refractivity contribution in [2.24, 2.45) is 5.41 Å². The SMILES string of the molecule is CCc1ccc(-c2cccc(OC3CC3)c2)c([C@H]2CCCC2(C)C)c1. The Bertz CT molecular complexity index is 754. The van der Waals surface area contributed by atoms with Crippen molar-refractivity contribution in [2.45, 2.75) is 71.3 Å². The summed E-state index contributed by atoms with van der Waals surface area (Å²) < 4.78 is 6.04. The van der Waals surface area contributed by atoms with Crippen LogP contribution >= 0.6 is 0 Å². The van der Waals surface area contributed by atoms with E-state index >= 15 is 0 Å². The van der Waals surface area contributed by atoms with Crippen molar-refractivity contribution in [1.29, 1.82) is 0 Å². The summed E-state index contributed by atoms with van der Waals surface area (Å²) in [5, 5.41) is 0. The lowest BCUT2D eigenvalue weighted by Crippen LogP contribution is -2.16. The van der Waals surface area contributed by atoms with E-state index in [0.717, 1.165) is 12.2 Å². The molecule has 0 aromatic heterocycles. The van der Waals surface area contributed by atoms with Gasteiger partial charge in [-0.3, -0.25) is 0 Å². The summed E-state index contributed by atoms with van der Waals surface area (Å²) in [5.41, 5.74) is 6.10. The maximum atomic E-state index is 6.04. The zero-order valence-electron chi connectivity index (χ0n) is 15.8. The minimum absolute atomic E-state index is 0.392. The van der Waals surface area contributed by atoms with Crippen LogP contribution in [0.4, 0.5) is 0 Å². The van der Waals surface area contributed by atoms with E-state index in [1.165, 1.54) is 48.8 Å². The summed E-state index contributed by atoms with van der Waals surface area (Å²) in [4.78, 5) is 0. The average molecular weight is 335 g/mol. The summed E-state index contributed by atoms with van der Waals surface area (Å²) >= 11 is 0. The maximum Gasteiger partial charge on any atom is 0.120 e. The molecule has 1 atom stereocenters. The molecule has 2 aromatic rings. The molecule has 0 amide bonds. The molecule has 4 rings (SSSR count). The zero-order valence-corrected chi connectivity index (χ0v) is 15.8. The summed E-state index contributed by atoms with van der Waals surface area (Å²) in [7, 11) is 0. The molecule has 2 fully saturated rings. The van der Waals surface area contributed by atoms with Crippen molar-refractivity contribution in [2.75, 3.05) is 0 Å². The van der Waals surface area contributed by atoms with E-state index in [-0.39, 0.29) is 0 Å². The highest BCUT2D eigenvalue weighted by Crippen LogP contribution is 2.51. The first kappa shape index (κ1) is 16.7. The van der Waals surface area contributed by atoms with Gasteiger partial charge in [-0.15, -0.1) is 0 Å². The first-order chi connectivity index (χ1) is 12.1. The van der Waals surface area contributed by atoms with Gasteiger partial charge >= 0.3 is 0 Å². The van der Waals surface area contributed by atoms with Crippen molar-refractivity contribution < 1.29 is 4.74 Å². The number of benzene rings is 2. The van der Waals surface area contributed by atoms with Crippen LogP contribution in [0.2, 0.25) is 0 Å². The average Bonchev–Trinajstić information content (AvgIpc) is 3.35. The van der Waals surface area contributed by atoms with Gasteiger partial charge in [-0.2, -0.15) is 0 Å². The molecular weight excluding hydrogens is 304 g/mol. The van der Waals surface area contributed by atoms with Crippen LogP contribution in [0, 0.1) is 5.41 Å². The number of hydrogen-bond donors (Lipinski definition) is 0. The minimum atomic E-state index is 0.392. The molecular formula is C24H30O. The second kappa shape index (κ2) is 6.52. The van der Waals surface area contributed by atoms with E-state index in [1.807, 2.05) is 0 Å².